The van der Waals surface area contributed by atoms with E-state index in [2.05, 4.69) is 33.9 Å². The van der Waals surface area contributed by atoms with Crippen molar-refractivity contribution in [3.05, 3.63) is 83.4 Å². The van der Waals surface area contributed by atoms with Gasteiger partial charge in [-0.05, 0) is 41.9 Å². The third-order valence-corrected chi connectivity index (χ3v) is 9.35. The minimum absolute atomic E-state index is 0.0536. The molecule has 0 aromatic heterocycles. The van der Waals surface area contributed by atoms with Gasteiger partial charge in [0.15, 0.2) is 0 Å². The van der Waals surface area contributed by atoms with Gasteiger partial charge in [-0.3, -0.25) is 0 Å². The van der Waals surface area contributed by atoms with Crippen LogP contribution in [0, 0.1) is 0 Å². The summed E-state index contributed by atoms with van der Waals surface area (Å²) in [6, 6.07) is 15.0. The fraction of sp³-hybridized carbons (Fsp3) is 0.304. The van der Waals surface area contributed by atoms with Gasteiger partial charge in [0.05, 0.1) is 5.56 Å². The quantitative estimate of drug-likeness (QED) is 0.281. The molecule has 2 aromatic rings. The standard InChI is InChI=1S/C23H27F3OSi/c1-22(2,3)28(4,5)27-21(19-11-7-6-8-12-19)13-9-10-18-14-16-20(17-15-18)23(24,25)26/h6-17H,1-5H3/b10-9+,21-13-. The van der Waals surface area contributed by atoms with Crippen LogP contribution in [0.3, 0.4) is 0 Å². The Bertz CT molecular complexity index is 827. The van der Waals surface area contributed by atoms with Crippen molar-refractivity contribution < 1.29 is 17.6 Å². The van der Waals surface area contributed by atoms with Crippen LogP contribution in [0.5, 0.6) is 0 Å². The second kappa shape index (κ2) is 8.39. The monoisotopic (exact) mass is 404 g/mol. The van der Waals surface area contributed by atoms with Crippen LogP contribution >= 0.6 is 0 Å². The van der Waals surface area contributed by atoms with Crippen LogP contribution in [0.4, 0.5) is 13.2 Å². The summed E-state index contributed by atoms with van der Waals surface area (Å²) in [5.41, 5.74) is 1.03. The lowest BCUT2D eigenvalue weighted by Crippen LogP contribution is -2.40. The van der Waals surface area contributed by atoms with E-state index in [0.29, 0.717) is 5.56 Å². The van der Waals surface area contributed by atoms with E-state index >= 15 is 0 Å². The van der Waals surface area contributed by atoms with Gasteiger partial charge in [0.2, 0.25) is 0 Å². The lowest BCUT2D eigenvalue weighted by atomic mass is 10.1. The Hall–Kier alpha value is -2.27. The first kappa shape index (κ1) is 22.0. The third kappa shape index (κ3) is 5.86. The molecule has 0 saturated carbocycles. The molecule has 0 fully saturated rings. The van der Waals surface area contributed by atoms with Crippen LogP contribution in [0.2, 0.25) is 18.1 Å². The van der Waals surface area contributed by atoms with Crippen molar-refractivity contribution in [2.24, 2.45) is 0 Å². The van der Waals surface area contributed by atoms with Crippen molar-refractivity contribution in [2.75, 3.05) is 0 Å². The van der Waals surface area contributed by atoms with Crippen LogP contribution < -0.4 is 0 Å². The fourth-order valence-corrected chi connectivity index (χ4v) is 3.29. The van der Waals surface area contributed by atoms with Gasteiger partial charge < -0.3 is 4.43 Å². The van der Waals surface area contributed by atoms with Crippen LogP contribution in [-0.4, -0.2) is 8.32 Å². The normalized spacial score (nSPS) is 13.8. The van der Waals surface area contributed by atoms with Gasteiger partial charge in [-0.25, -0.2) is 0 Å². The van der Waals surface area contributed by atoms with E-state index in [9.17, 15) is 13.2 Å². The summed E-state index contributed by atoms with van der Waals surface area (Å²) < 4.78 is 44.5. The molecule has 0 N–H and O–H groups in total. The first-order valence-corrected chi connectivity index (χ1v) is 12.1. The zero-order chi connectivity index (χ0) is 21.0. The lowest BCUT2D eigenvalue weighted by Gasteiger charge is -2.37. The Balaban J connectivity index is 2.28. The Kier molecular flexibility index (Phi) is 6.60. The molecule has 0 radical (unpaired) electrons. The Labute approximate surface area is 166 Å². The molecule has 0 aliphatic carbocycles. The van der Waals surface area contributed by atoms with Crippen LogP contribution in [0.25, 0.3) is 11.8 Å². The maximum Gasteiger partial charge on any atom is 0.416 e. The molecule has 0 bridgehead atoms. The maximum atomic E-state index is 12.7. The summed E-state index contributed by atoms with van der Waals surface area (Å²) in [7, 11) is -2.04. The molecule has 2 rings (SSSR count). The van der Waals surface area contributed by atoms with Crippen LogP contribution in [0.1, 0.15) is 37.5 Å². The molecule has 0 amide bonds. The Morgan fingerprint density at radius 1 is 0.893 bits per heavy atom. The van der Waals surface area contributed by atoms with Crippen molar-refractivity contribution >= 4 is 20.2 Å². The smallest absolute Gasteiger partial charge is 0.416 e. The largest absolute Gasteiger partial charge is 0.543 e. The lowest BCUT2D eigenvalue weighted by molar-refractivity contribution is -0.137. The molecule has 0 aliphatic heterocycles. The van der Waals surface area contributed by atoms with Crippen LogP contribution in [-0.2, 0) is 10.6 Å². The van der Waals surface area contributed by atoms with Gasteiger partial charge in [-0.2, -0.15) is 13.2 Å². The Morgan fingerprint density at radius 2 is 1.46 bits per heavy atom. The number of hydrogen-bond donors (Lipinski definition) is 0. The minimum Gasteiger partial charge on any atom is -0.543 e. The van der Waals surface area contributed by atoms with Gasteiger partial charge in [0, 0.05) is 5.56 Å². The number of benzene rings is 2. The van der Waals surface area contributed by atoms with E-state index < -0.39 is 20.1 Å². The molecule has 150 valence electrons. The molecule has 0 aliphatic rings. The van der Waals surface area contributed by atoms with E-state index in [1.54, 1.807) is 6.08 Å². The summed E-state index contributed by atoms with van der Waals surface area (Å²) in [6.45, 7) is 10.9. The number of halogens is 3. The van der Waals surface area contributed by atoms with Gasteiger partial charge in [0.25, 0.3) is 8.32 Å². The predicted molar refractivity (Wildman–Crippen MR) is 113 cm³/mol. The minimum atomic E-state index is -4.32. The summed E-state index contributed by atoms with van der Waals surface area (Å²) in [4.78, 5) is 0. The van der Waals surface area contributed by atoms with E-state index in [1.165, 1.54) is 12.1 Å². The molecule has 5 heteroatoms. The van der Waals surface area contributed by atoms with Crippen molar-refractivity contribution in [2.45, 2.75) is 45.1 Å². The average molecular weight is 405 g/mol. The molecule has 0 saturated heterocycles. The van der Waals surface area contributed by atoms with E-state index in [4.69, 9.17) is 4.43 Å². The summed E-state index contributed by atoms with van der Waals surface area (Å²) in [5, 5.41) is 0.0536. The second-order valence-corrected chi connectivity index (χ2v) is 13.0. The number of alkyl halides is 3. The van der Waals surface area contributed by atoms with Gasteiger partial charge in [-0.15, -0.1) is 0 Å². The highest BCUT2D eigenvalue weighted by Crippen LogP contribution is 2.39. The maximum absolute atomic E-state index is 12.7. The number of allylic oxidation sites excluding steroid dienone is 2. The molecular formula is C23H27F3OSi. The highest BCUT2D eigenvalue weighted by Gasteiger charge is 2.39. The fourth-order valence-electron chi connectivity index (χ4n) is 2.25. The highest BCUT2D eigenvalue weighted by molar-refractivity contribution is 6.74. The molecule has 2 aromatic carbocycles. The highest BCUT2D eigenvalue weighted by atomic mass is 28.4. The van der Waals surface area contributed by atoms with Crippen molar-refractivity contribution in [1.82, 2.24) is 0 Å². The van der Waals surface area contributed by atoms with Gasteiger partial charge in [-0.1, -0.05) is 75.4 Å². The topological polar surface area (TPSA) is 9.23 Å². The number of hydrogen-bond acceptors (Lipinski definition) is 1. The Morgan fingerprint density at radius 3 is 1.96 bits per heavy atom. The average Bonchev–Trinajstić information content (AvgIpc) is 2.60. The molecule has 0 heterocycles. The molecule has 1 nitrogen and oxygen atoms in total. The molecule has 28 heavy (non-hydrogen) atoms. The zero-order valence-corrected chi connectivity index (χ0v) is 18.0. The first-order chi connectivity index (χ1) is 12.9. The molecule has 0 unspecified atom stereocenters. The van der Waals surface area contributed by atoms with E-state index in [-0.39, 0.29) is 5.04 Å². The van der Waals surface area contributed by atoms with E-state index in [0.717, 1.165) is 23.5 Å². The van der Waals surface area contributed by atoms with Crippen molar-refractivity contribution in [1.29, 1.82) is 0 Å². The van der Waals surface area contributed by atoms with Crippen LogP contribution in [0.15, 0.2) is 66.7 Å². The third-order valence-electron chi connectivity index (χ3n) is 5.00. The zero-order valence-electron chi connectivity index (χ0n) is 17.0. The summed E-state index contributed by atoms with van der Waals surface area (Å²) >= 11 is 0. The molecular weight excluding hydrogens is 377 g/mol. The SMILES string of the molecule is CC(C)(C)[Si](C)(C)O/C(=C\C=C\c1ccc(C(F)(F)F)cc1)c1ccccc1. The summed E-state index contributed by atoms with van der Waals surface area (Å²) in [6.07, 6.45) is 1.16. The summed E-state index contributed by atoms with van der Waals surface area (Å²) in [5.74, 6) is 0.773. The van der Waals surface area contributed by atoms with Crippen molar-refractivity contribution in [3.63, 3.8) is 0 Å². The second-order valence-electron chi connectivity index (χ2n) is 8.24. The number of rotatable bonds is 5. The van der Waals surface area contributed by atoms with E-state index in [1.807, 2.05) is 42.5 Å². The first-order valence-electron chi connectivity index (χ1n) is 9.20. The van der Waals surface area contributed by atoms with Gasteiger partial charge in [0.1, 0.15) is 5.76 Å². The molecule has 0 spiro atoms. The van der Waals surface area contributed by atoms with Gasteiger partial charge >= 0.3 is 6.18 Å². The molecule has 0 atom stereocenters. The van der Waals surface area contributed by atoms with Crippen molar-refractivity contribution in [3.8, 4) is 0 Å². The predicted octanol–water partition coefficient (Wildman–Crippen LogP) is 7.78.